The quantitative estimate of drug-likeness (QED) is 0.600. The van der Waals surface area contributed by atoms with Gasteiger partial charge < -0.3 is 0 Å². The first-order valence-electron chi connectivity index (χ1n) is 3.32. The first-order chi connectivity index (χ1) is 5.34. The maximum Gasteiger partial charge on any atom is 0.284 e. The molecular weight excluding hydrogens is 142 g/mol. The number of hydroxylamine groups is 1. The number of carbonyl (C=O) groups excluding carboxylic acids is 1. The van der Waals surface area contributed by atoms with Crippen molar-refractivity contribution in [2.45, 2.75) is 0 Å². The van der Waals surface area contributed by atoms with E-state index in [2.05, 4.69) is 0 Å². The Labute approximate surface area is 64.1 Å². The molecule has 2 rings (SSSR count). The van der Waals surface area contributed by atoms with Crippen LogP contribution in [-0.2, 0) is 4.84 Å². The van der Waals surface area contributed by atoms with Crippen LogP contribution in [0.1, 0.15) is 10.4 Å². The van der Waals surface area contributed by atoms with Crippen LogP contribution in [0.15, 0.2) is 24.3 Å². The van der Waals surface area contributed by atoms with Crippen LogP contribution in [0.2, 0.25) is 0 Å². The summed E-state index contributed by atoms with van der Waals surface area (Å²) in [5, 5.41) is 1.27. The van der Waals surface area contributed by atoms with Gasteiger partial charge in [-0.05, 0) is 12.1 Å². The number of carbonyl (C=O) groups is 1. The average Bonchev–Trinajstić information content (AvgIpc) is 2.05. The molecule has 0 aromatic heterocycles. The number of rotatable bonds is 1. The molecule has 3 heteroatoms. The van der Waals surface area contributed by atoms with Gasteiger partial charge >= 0.3 is 0 Å². The summed E-state index contributed by atoms with van der Waals surface area (Å²) in [4.78, 5) is 15.9. The van der Waals surface area contributed by atoms with Gasteiger partial charge in [0.15, 0.2) is 0 Å². The van der Waals surface area contributed by atoms with Crippen LogP contribution in [0.25, 0.3) is 0 Å². The standard InChI is InChI=1S/C8H7NO2/c1-11-9-7-5-3-2-4-6(7)8(9)10/h2-5H,1H3. The fourth-order valence-electron chi connectivity index (χ4n) is 1.18. The Balaban J connectivity index is 2.47. The SMILES string of the molecule is CON1C(=O)c2ccccc21. The first kappa shape index (κ1) is 6.37. The first-order valence-corrected chi connectivity index (χ1v) is 3.32. The van der Waals surface area contributed by atoms with Crippen molar-refractivity contribution >= 4 is 11.6 Å². The van der Waals surface area contributed by atoms with Gasteiger partial charge in [-0.15, -0.1) is 0 Å². The van der Waals surface area contributed by atoms with Gasteiger partial charge in [-0.25, -0.2) is 0 Å². The molecule has 11 heavy (non-hydrogen) atoms. The van der Waals surface area contributed by atoms with Crippen LogP contribution in [0.5, 0.6) is 0 Å². The molecule has 0 spiro atoms. The summed E-state index contributed by atoms with van der Waals surface area (Å²) < 4.78 is 0. The van der Waals surface area contributed by atoms with E-state index in [1.54, 1.807) is 6.07 Å². The van der Waals surface area contributed by atoms with Crippen LogP contribution in [0, 0.1) is 0 Å². The minimum Gasteiger partial charge on any atom is -0.269 e. The Morgan fingerprint density at radius 1 is 1.36 bits per heavy atom. The van der Waals surface area contributed by atoms with Gasteiger partial charge in [-0.3, -0.25) is 9.63 Å². The summed E-state index contributed by atoms with van der Waals surface area (Å²) in [7, 11) is 1.48. The molecule has 1 aromatic rings. The number of hydrogen-bond acceptors (Lipinski definition) is 2. The van der Waals surface area contributed by atoms with Gasteiger partial charge in [0, 0.05) is 0 Å². The van der Waals surface area contributed by atoms with Crippen molar-refractivity contribution in [2.24, 2.45) is 0 Å². The summed E-state index contributed by atoms with van der Waals surface area (Å²) in [5.74, 6) is -0.0666. The van der Waals surface area contributed by atoms with E-state index in [1.165, 1.54) is 12.2 Å². The number of fused-ring (bicyclic) bond motifs is 1. The number of para-hydroxylation sites is 1. The fourth-order valence-corrected chi connectivity index (χ4v) is 1.18. The fraction of sp³-hybridized carbons (Fsp3) is 0.125. The molecule has 0 radical (unpaired) electrons. The Morgan fingerprint density at radius 2 is 2.09 bits per heavy atom. The third-order valence-corrected chi connectivity index (χ3v) is 1.72. The monoisotopic (exact) mass is 149 g/mol. The lowest BCUT2D eigenvalue weighted by Crippen LogP contribution is -2.39. The van der Waals surface area contributed by atoms with Gasteiger partial charge in [0.1, 0.15) is 0 Å². The van der Waals surface area contributed by atoms with E-state index in [4.69, 9.17) is 4.84 Å². The molecule has 1 aromatic carbocycles. The Kier molecular flexibility index (Phi) is 1.20. The summed E-state index contributed by atoms with van der Waals surface area (Å²) >= 11 is 0. The van der Waals surface area contributed by atoms with Crippen LogP contribution in [-0.4, -0.2) is 13.0 Å². The van der Waals surface area contributed by atoms with Crippen molar-refractivity contribution in [3.8, 4) is 0 Å². The lowest BCUT2D eigenvalue weighted by molar-refractivity contribution is 0.0719. The number of hydrogen-bond donors (Lipinski definition) is 0. The highest BCUT2D eigenvalue weighted by Crippen LogP contribution is 2.31. The van der Waals surface area contributed by atoms with E-state index in [0.29, 0.717) is 0 Å². The van der Waals surface area contributed by atoms with Gasteiger partial charge in [0.25, 0.3) is 5.91 Å². The zero-order valence-corrected chi connectivity index (χ0v) is 6.07. The predicted octanol–water partition coefficient (Wildman–Crippen LogP) is 1.21. The van der Waals surface area contributed by atoms with Crippen LogP contribution >= 0.6 is 0 Å². The second-order valence-corrected chi connectivity index (χ2v) is 2.30. The van der Waals surface area contributed by atoms with Crippen molar-refractivity contribution in [2.75, 3.05) is 12.2 Å². The minimum atomic E-state index is -0.0666. The maximum atomic E-state index is 11.1. The molecule has 0 aliphatic carbocycles. The van der Waals surface area contributed by atoms with Crippen LogP contribution in [0.3, 0.4) is 0 Å². The summed E-state index contributed by atoms with van der Waals surface area (Å²) in [5.41, 5.74) is 1.58. The molecule has 0 atom stereocenters. The van der Waals surface area contributed by atoms with Crippen molar-refractivity contribution < 1.29 is 9.63 Å². The largest absolute Gasteiger partial charge is 0.284 e. The van der Waals surface area contributed by atoms with E-state index >= 15 is 0 Å². The van der Waals surface area contributed by atoms with E-state index in [0.717, 1.165) is 11.3 Å². The highest BCUT2D eigenvalue weighted by molar-refractivity contribution is 6.18. The van der Waals surface area contributed by atoms with E-state index in [1.807, 2.05) is 18.2 Å². The number of nitrogens with zero attached hydrogens (tertiary/aromatic N) is 1. The molecule has 0 N–H and O–H groups in total. The third kappa shape index (κ3) is 0.684. The van der Waals surface area contributed by atoms with Gasteiger partial charge in [0.05, 0.1) is 18.4 Å². The smallest absolute Gasteiger partial charge is 0.269 e. The highest BCUT2D eigenvalue weighted by atomic mass is 16.7. The second kappa shape index (κ2) is 2.07. The van der Waals surface area contributed by atoms with Crippen LogP contribution in [0.4, 0.5) is 5.69 Å². The molecule has 0 bridgehead atoms. The average molecular weight is 149 g/mol. The highest BCUT2D eigenvalue weighted by Gasteiger charge is 2.32. The topological polar surface area (TPSA) is 29.5 Å². The number of amides is 1. The summed E-state index contributed by atoms with van der Waals surface area (Å²) in [6.45, 7) is 0. The van der Waals surface area contributed by atoms with Crippen molar-refractivity contribution in [3.63, 3.8) is 0 Å². The molecule has 56 valence electrons. The predicted molar refractivity (Wildman–Crippen MR) is 40.3 cm³/mol. The van der Waals surface area contributed by atoms with Crippen molar-refractivity contribution in [3.05, 3.63) is 29.8 Å². The molecule has 0 saturated heterocycles. The summed E-state index contributed by atoms with van der Waals surface area (Å²) in [6, 6.07) is 7.34. The molecule has 3 nitrogen and oxygen atoms in total. The number of anilines is 1. The normalized spacial score (nSPS) is 14.3. The maximum absolute atomic E-state index is 11.1. The van der Waals surface area contributed by atoms with Crippen molar-refractivity contribution in [1.29, 1.82) is 0 Å². The second-order valence-electron chi connectivity index (χ2n) is 2.30. The van der Waals surface area contributed by atoms with Gasteiger partial charge in [0.2, 0.25) is 0 Å². The van der Waals surface area contributed by atoms with Gasteiger partial charge in [-0.2, -0.15) is 5.06 Å². The molecule has 0 unspecified atom stereocenters. The zero-order valence-electron chi connectivity index (χ0n) is 6.07. The van der Waals surface area contributed by atoms with E-state index in [-0.39, 0.29) is 5.91 Å². The minimum absolute atomic E-state index is 0.0666. The number of benzene rings is 1. The lowest BCUT2D eigenvalue weighted by Gasteiger charge is -2.30. The Bertz CT molecular complexity index is 309. The molecular formula is C8H7NO2. The molecule has 1 heterocycles. The molecule has 1 aliphatic rings. The molecule has 1 aliphatic heterocycles. The van der Waals surface area contributed by atoms with E-state index < -0.39 is 0 Å². The molecule has 0 fully saturated rings. The van der Waals surface area contributed by atoms with Crippen molar-refractivity contribution in [1.82, 2.24) is 0 Å². The zero-order chi connectivity index (χ0) is 7.84. The molecule has 0 saturated carbocycles. The lowest BCUT2D eigenvalue weighted by atomic mass is 10.1. The van der Waals surface area contributed by atoms with Gasteiger partial charge in [-0.1, -0.05) is 12.1 Å². The Morgan fingerprint density at radius 3 is 2.82 bits per heavy atom. The third-order valence-electron chi connectivity index (χ3n) is 1.72. The Hall–Kier alpha value is -1.35. The summed E-state index contributed by atoms with van der Waals surface area (Å²) in [6.07, 6.45) is 0. The molecule has 1 amide bonds. The van der Waals surface area contributed by atoms with Crippen LogP contribution < -0.4 is 5.06 Å². The van der Waals surface area contributed by atoms with E-state index in [9.17, 15) is 4.79 Å².